The van der Waals surface area contributed by atoms with Gasteiger partial charge >= 0.3 is 7.82 Å². The van der Waals surface area contributed by atoms with Crippen molar-refractivity contribution in [1.29, 1.82) is 5.26 Å². The van der Waals surface area contributed by atoms with Crippen molar-refractivity contribution < 1.29 is 37.1 Å². The van der Waals surface area contributed by atoms with Crippen LogP contribution < -0.4 is 15.0 Å². The number of para-hydroxylation sites is 1. The van der Waals surface area contributed by atoms with Gasteiger partial charge in [-0.15, -0.1) is 0 Å². The van der Waals surface area contributed by atoms with Gasteiger partial charge in [0.2, 0.25) is 0 Å². The van der Waals surface area contributed by atoms with Crippen LogP contribution in [0.5, 0.6) is 11.5 Å². The highest BCUT2D eigenvalue weighted by Crippen LogP contribution is 2.58. The van der Waals surface area contributed by atoms with Crippen LogP contribution in [0, 0.1) is 16.7 Å². The molecule has 4 heterocycles. The lowest BCUT2D eigenvalue weighted by Gasteiger charge is -2.32. The van der Waals surface area contributed by atoms with E-state index in [2.05, 4.69) is 22.0 Å². The molecule has 6 atom stereocenters. The summed E-state index contributed by atoms with van der Waals surface area (Å²) in [5.74, 6) is -0.167. The first kappa shape index (κ1) is 46.7. The Labute approximate surface area is 365 Å². The zero-order valence-corrected chi connectivity index (χ0v) is 37.7. The topological polar surface area (TPSA) is 175 Å². The summed E-state index contributed by atoms with van der Waals surface area (Å²) in [6.45, 7) is 8.37. The molecule has 61 heavy (non-hydrogen) atoms. The number of anilines is 1. The fourth-order valence-electron chi connectivity index (χ4n) is 8.24. The van der Waals surface area contributed by atoms with Crippen LogP contribution in [0.1, 0.15) is 128 Å². The minimum atomic E-state index is -4.42. The number of hydrogen-bond acceptors (Lipinski definition) is 13. The van der Waals surface area contributed by atoms with Crippen LogP contribution in [0.3, 0.4) is 0 Å². The number of nitriles is 1. The highest BCUT2D eigenvalue weighted by Gasteiger charge is 2.61. The highest BCUT2D eigenvalue weighted by atomic mass is 35.5. The number of nitrogens with zero attached hydrogens (tertiary/aromatic N) is 5. The maximum Gasteiger partial charge on any atom is 0.530 e. The van der Waals surface area contributed by atoms with Gasteiger partial charge in [0.05, 0.1) is 43.2 Å². The third kappa shape index (κ3) is 12.9. The Hall–Kier alpha value is -3.80. The van der Waals surface area contributed by atoms with Crippen LogP contribution >= 0.6 is 19.4 Å². The van der Waals surface area contributed by atoms with Crippen molar-refractivity contribution in [3.05, 3.63) is 77.5 Å². The summed E-state index contributed by atoms with van der Waals surface area (Å²) in [6.07, 6.45) is 16.8. The van der Waals surface area contributed by atoms with Gasteiger partial charge < -0.3 is 29.2 Å². The minimum absolute atomic E-state index is 0.0766. The lowest BCUT2D eigenvalue weighted by Crippen LogP contribution is -2.37. The Morgan fingerprint density at radius 2 is 1.66 bits per heavy atom. The molecule has 1 aliphatic heterocycles. The molecule has 2 fully saturated rings. The lowest BCUT2D eigenvalue weighted by atomic mass is 9.86. The van der Waals surface area contributed by atoms with Gasteiger partial charge in [-0.3, -0.25) is 9.05 Å². The van der Waals surface area contributed by atoms with Crippen LogP contribution in [0.4, 0.5) is 5.82 Å². The molecule has 1 aromatic carbocycles. The van der Waals surface area contributed by atoms with Crippen molar-refractivity contribution in [2.75, 3.05) is 32.2 Å². The molecule has 16 heteroatoms. The molecule has 14 nitrogen and oxygen atoms in total. The maximum absolute atomic E-state index is 14.8. The number of fused-ring (bicyclic) bond motifs is 2. The number of nitrogens with two attached hydrogens (primary N) is 1. The minimum Gasteiger partial charge on any atom is -0.484 e. The quantitative estimate of drug-likeness (QED) is 0.0466. The lowest BCUT2D eigenvalue weighted by molar-refractivity contribution is -0.168. The Kier molecular flexibility index (Phi) is 16.9. The largest absolute Gasteiger partial charge is 0.530 e. The third-order valence-corrected chi connectivity index (χ3v) is 13.1. The molecule has 0 amide bonds. The molecule has 1 aliphatic carbocycles. The van der Waals surface area contributed by atoms with Gasteiger partial charge in [-0.05, 0) is 63.1 Å². The van der Waals surface area contributed by atoms with E-state index in [1.54, 1.807) is 40.9 Å². The summed E-state index contributed by atoms with van der Waals surface area (Å²) < 4.78 is 60.5. The van der Waals surface area contributed by atoms with Gasteiger partial charge in [0.1, 0.15) is 41.2 Å². The van der Waals surface area contributed by atoms with E-state index in [1.807, 2.05) is 39.0 Å². The molecule has 1 saturated carbocycles. The predicted molar refractivity (Wildman–Crippen MR) is 234 cm³/mol. The fourth-order valence-corrected chi connectivity index (χ4v) is 9.85. The second kappa shape index (κ2) is 22.0. The Morgan fingerprint density at radius 3 is 2.34 bits per heavy atom. The average Bonchev–Trinajstić information content (AvgIpc) is 3.91. The van der Waals surface area contributed by atoms with E-state index in [0.717, 1.165) is 18.5 Å². The molecule has 4 aromatic rings. The monoisotopic (exact) mass is 880 g/mol. The van der Waals surface area contributed by atoms with Crippen LogP contribution in [0.15, 0.2) is 61.1 Å². The summed E-state index contributed by atoms with van der Waals surface area (Å²) >= 11 is 6.50. The molecule has 0 bridgehead atoms. The molecule has 0 spiro atoms. The molecule has 1 unspecified atom stereocenters. The molecule has 2 N–H and O–H groups in total. The Bertz CT molecular complexity index is 2080. The number of nitrogen functional groups attached to an aromatic ring is 1. The number of phosphoric acid groups is 1. The van der Waals surface area contributed by atoms with Crippen molar-refractivity contribution in [3.63, 3.8) is 0 Å². The smallest absolute Gasteiger partial charge is 0.484 e. The summed E-state index contributed by atoms with van der Waals surface area (Å²) in [7, 11) is -4.42. The molecule has 332 valence electrons. The number of rotatable bonds is 26. The Balaban J connectivity index is 1.11. The molecule has 3 aromatic heterocycles. The highest BCUT2D eigenvalue weighted by molar-refractivity contribution is 7.48. The van der Waals surface area contributed by atoms with Crippen molar-refractivity contribution in [1.82, 2.24) is 19.6 Å². The number of unbranched alkanes of at least 4 members (excludes halogenated alkanes) is 11. The second-order valence-corrected chi connectivity index (χ2v) is 18.9. The number of halogens is 1. The van der Waals surface area contributed by atoms with Crippen LogP contribution in [0.2, 0.25) is 5.02 Å². The van der Waals surface area contributed by atoms with Gasteiger partial charge in [0.15, 0.2) is 11.6 Å². The molecule has 1 saturated heterocycles. The number of hydrogen-bond donors (Lipinski definition) is 1. The van der Waals surface area contributed by atoms with Crippen LogP contribution in [-0.4, -0.2) is 70.1 Å². The van der Waals surface area contributed by atoms with E-state index in [9.17, 15) is 9.83 Å². The van der Waals surface area contributed by atoms with E-state index in [4.69, 9.17) is 49.9 Å². The van der Waals surface area contributed by atoms with Crippen molar-refractivity contribution in [2.24, 2.45) is 5.41 Å². The summed E-state index contributed by atoms with van der Waals surface area (Å²) in [6, 6.07) is 15.8. The van der Waals surface area contributed by atoms with E-state index >= 15 is 0 Å². The van der Waals surface area contributed by atoms with Crippen molar-refractivity contribution >= 4 is 30.8 Å². The van der Waals surface area contributed by atoms with E-state index < -0.39 is 31.2 Å². The number of aromatic nitrogens is 4. The number of ether oxygens (including phenoxy) is 4. The number of pyridine rings is 1. The van der Waals surface area contributed by atoms with Gasteiger partial charge in [-0.1, -0.05) is 108 Å². The fraction of sp³-hybridized carbons (Fsp3) is 0.600. The molecular formula is C45H62ClN6O8P. The first-order valence-corrected chi connectivity index (χ1v) is 23.6. The number of phosphoric ester groups is 1. The third-order valence-electron chi connectivity index (χ3n) is 11.4. The van der Waals surface area contributed by atoms with E-state index in [-0.39, 0.29) is 48.3 Å². The van der Waals surface area contributed by atoms with Gasteiger partial charge in [-0.25, -0.2) is 19.0 Å². The van der Waals surface area contributed by atoms with E-state index in [0.29, 0.717) is 30.1 Å². The van der Waals surface area contributed by atoms with Crippen LogP contribution in [-0.2, 0) is 27.8 Å². The normalized spacial score (nSPS) is 22.1. The van der Waals surface area contributed by atoms with Crippen molar-refractivity contribution in [3.8, 4) is 17.6 Å². The molecule has 0 radical (unpaired) electrons. The zero-order chi connectivity index (χ0) is 43.3. The van der Waals surface area contributed by atoms with Crippen molar-refractivity contribution in [2.45, 2.75) is 141 Å². The van der Waals surface area contributed by atoms with Crippen LogP contribution in [0.25, 0.3) is 5.52 Å². The SMILES string of the molecule is CCCCCCCCCCCCCCOC[C@H](COP(=O)(OC[C@@]1(C)C[C@@H](c2ccc3c(N)ncnn23)[C@@H]2OC(C)(C)O[C@@H]21)Oc1ccccc1Cl)Oc1ccc(C#N)nc1. The maximum atomic E-state index is 14.8. The molecule has 6 rings (SSSR count). The summed E-state index contributed by atoms with van der Waals surface area (Å²) in [5.41, 5.74) is 7.28. The second-order valence-electron chi connectivity index (χ2n) is 16.9. The predicted octanol–water partition coefficient (Wildman–Crippen LogP) is 10.6. The average molecular weight is 881 g/mol. The van der Waals surface area contributed by atoms with Gasteiger partial charge in [-0.2, -0.15) is 10.4 Å². The first-order valence-electron chi connectivity index (χ1n) is 21.8. The number of benzene rings is 1. The zero-order valence-electron chi connectivity index (χ0n) is 36.0. The molecule has 2 aliphatic rings. The first-order chi connectivity index (χ1) is 29.4. The van der Waals surface area contributed by atoms with Gasteiger partial charge in [0.25, 0.3) is 0 Å². The van der Waals surface area contributed by atoms with E-state index in [1.165, 1.54) is 76.7 Å². The standard InChI is InChI=1S/C45H62ClN6O8P/c1-5-6-7-8-9-10-11-12-13-14-15-18-25-54-29-35(57-34-22-21-33(27-47)49-28-34)30-55-61(53,60-40-20-17-16-19-37(40)46)56-31-45(4)26-36(41-42(45)59-44(2,3)58-41)38-23-24-39-43(48)50-32-51-52(38)39/h16-17,19-24,28,32,35-36,41-42H,5-15,18,25-26,29-31H2,1-4H3,(H2,48,50,51)/t35-,36+,41+,42+,45-,61?/m1/s1. The summed E-state index contributed by atoms with van der Waals surface area (Å²) in [4.78, 5) is 8.28. The van der Waals surface area contributed by atoms with Gasteiger partial charge in [0, 0.05) is 23.6 Å². The Morgan fingerprint density at radius 1 is 0.934 bits per heavy atom. The molecular weight excluding hydrogens is 819 g/mol. The summed E-state index contributed by atoms with van der Waals surface area (Å²) in [5, 5.41) is 14.0.